The van der Waals surface area contributed by atoms with Crippen molar-refractivity contribution in [3.05, 3.63) is 101 Å². The van der Waals surface area contributed by atoms with Crippen LogP contribution < -0.4 is 5.32 Å². The monoisotopic (exact) mass is 504 g/mol. The highest BCUT2D eigenvalue weighted by Gasteiger charge is 2.39. The highest BCUT2D eigenvalue weighted by molar-refractivity contribution is 8.15. The number of hydrazone groups is 1. The van der Waals surface area contributed by atoms with Gasteiger partial charge < -0.3 is 5.32 Å². The number of amides is 2. The maximum atomic E-state index is 14.0. The quantitative estimate of drug-likeness (QED) is 0.501. The van der Waals surface area contributed by atoms with Gasteiger partial charge in [0.2, 0.25) is 5.91 Å². The number of hydrogen-bond donors (Lipinski definition) is 1. The number of carbonyl (C=O) groups excluding carboxylic acids is 2. The molecule has 0 saturated carbocycles. The van der Waals surface area contributed by atoms with Crippen LogP contribution in [0.1, 0.15) is 35.6 Å². The lowest BCUT2D eigenvalue weighted by Crippen LogP contribution is -2.25. The van der Waals surface area contributed by atoms with E-state index < -0.39 is 22.9 Å². The number of aryl methyl sites for hydroxylation is 1. The Morgan fingerprint density at radius 3 is 2.61 bits per heavy atom. The maximum Gasteiger partial charge on any atom is 0.262 e. The van der Waals surface area contributed by atoms with E-state index in [4.69, 9.17) is 5.10 Å². The smallest absolute Gasteiger partial charge is 0.262 e. The first-order valence-corrected chi connectivity index (χ1v) is 12.3. The minimum atomic E-state index is -0.765. The number of anilines is 1. The van der Waals surface area contributed by atoms with Gasteiger partial charge in [-0.3, -0.25) is 9.59 Å². The van der Waals surface area contributed by atoms with Gasteiger partial charge in [-0.1, -0.05) is 65.9 Å². The number of halogens is 2. The SMILES string of the molecule is Cc1ccc(C2=NN(C3=NC(=O)[C@@H](CC(=O)Nc4ccccc4F)S3)[C@@H](c3cccc(F)c3)C2)cc1. The van der Waals surface area contributed by atoms with E-state index in [1.807, 2.05) is 37.3 Å². The Morgan fingerprint density at radius 1 is 1.08 bits per heavy atom. The van der Waals surface area contributed by atoms with Crippen molar-refractivity contribution in [2.24, 2.45) is 10.1 Å². The molecule has 0 saturated heterocycles. The van der Waals surface area contributed by atoms with Crippen LogP contribution in [0.3, 0.4) is 0 Å². The van der Waals surface area contributed by atoms with Crippen LogP contribution in [0.15, 0.2) is 82.9 Å². The molecule has 182 valence electrons. The van der Waals surface area contributed by atoms with Crippen LogP contribution in [-0.2, 0) is 9.59 Å². The average Bonchev–Trinajstić information content (AvgIpc) is 3.45. The van der Waals surface area contributed by atoms with Gasteiger partial charge in [-0.2, -0.15) is 10.1 Å². The Bertz CT molecular complexity index is 1390. The molecule has 0 bridgehead atoms. The van der Waals surface area contributed by atoms with Gasteiger partial charge in [0.15, 0.2) is 5.17 Å². The van der Waals surface area contributed by atoms with E-state index in [1.54, 1.807) is 17.1 Å². The van der Waals surface area contributed by atoms with Crippen LogP contribution in [-0.4, -0.2) is 33.0 Å². The average molecular weight is 505 g/mol. The third-order valence-corrected chi connectivity index (χ3v) is 7.11. The normalized spacial score (nSPS) is 19.3. The van der Waals surface area contributed by atoms with E-state index in [0.29, 0.717) is 17.2 Å². The zero-order valence-corrected chi connectivity index (χ0v) is 20.1. The molecule has 1 N–H and O–H groups in total. The van der Waals surface area contributed by atoms with E-state index in [0.717, 1.165) is 28.6 Å². The summed E-state index contributed by atoms with van der Waals surface area (Å²) in [4.78, 5) is 29.4. The predicted octanol–water partition coefficient (Wildman–Crippen LogP) is 5.45. The van der Waals surface area contributed by atoms with Crippen LogP contribution in [0.25, 0.3) is 0 Å². The Balaban J connectivity index is 1.36. The Kier molecular flexibility index (Phi) is 6.65. The molecule has 0 fully saturated rings. The number of amidine groups is 1. The fourth-order valence-corrected chi connectivity index (χ4v) is 5.18. The number of hydrogen-bond acceptors (Lipinski definition) is 5. The first kappa shape index (κ1) is 23.9. The molecule has 2 amide bonds. The minimum Gasteiger partial charge on any atom is -0.324 e. The number of aliphatic imine (C=N–C) groups is 1. The number of para-hydroxylation sites is 1. The molecule has 2 heterocycles. The van der Waals surface area contributed by atoms with Crippen molar-refractivity contribution < 1.29 is 18.4 Å². The van der Waals surface area contributed by atoms with Crippen molar-refractivity contribution in [2.45, 2.75) is 31.1 Å². The first-order chi connectivity index (χ1) is 17.4. The highest BCUT2D eigenvalue weighted by atomic mass is 32.2. The summed E-state index contributed by atoms with van der Waals surface area (Å²) in [5.41, 5.74) is 3.60. The maximum absolute atomic E-state index is 14.0. The molecule has 0 radical (unpaired) electrons. The highest BCUT2D eigenvalue weighted by Crippen LogP contribution is 2.38. The Morgan fingerprint density at radius 2 is 1.86 bits per heavy atom. The molecular formula is C27H22F2N4O2S. The molecule has 2 atom stereocenters. The summed E-state index contributed by atoms with van der Waals surface area (Å²) in [5.74, 6) is -1.87. The van der Waals surface area contributed by atoms with Gasteiger partial charge in [-0.25, -0.2) is 13.8 Å². The zero-order chi connectivity index (χ0) is 25.2. The van der Waals surface area contributed by atoms with Crippen molar-refractivity contribution in [1.82, 2.24) is 5.01 Å². The summed E-state index contributed by atoms with van der Waals surface area (Å²) in [6, 6.07) is 19.7. The molecular weight excluding hydrogens is 482 g/mol. The molecule has 0 aliphatic carbocycles. The second-order valence-electron chi connectivity index (χ2n) is 8.60. The molecule has 0 aromatic heterocycles. The topological polar surface area (TPSA) is 74.1 Å². The molecule has 3 aromatic carbocycles. The third-order valence-electron chi connectivity index (χ3n) is 5.97. The Labute approximate surface area is 211 Å². The van der Waals surface area contributed by atoms with Gasteiger partial charge in [-0.15, -0.1) is 0 Å². The summed E-state index contributed by atoms with van der Waals surface area (Å²) in [7, 11) is 0. The lowest BCUT2D eigenvalue weighted by atomic mass is 9.98. The molecule has 3 aromatic rings. The van der Waals surface area contributed by atoms with Gasteiger partial charge in [0.25, 0.3) is 5.91 Å². The van der Waals surface area contributed by atoms with E-state index in [9.17, 15) is 18.4 Å². The number of thioether (sulfide) groups is 1. The Hall–Kier alpha value is -3.85. The molecule has 5 rings (SSSR count). The fourth-order valence-electron chi connectivity index (χ4n) is 4.12. The van der Waals surface area contributed by atoms with E-state index in [2.05, 4.69) is 10.3 Å². The number of carbonyl (C=O) groups is 2. The van der Waals surface area contributed by atoms with Crippen LogP contribution in [0.5, 0.6) is 0 Å². The van der Waals surface area contributed by atoms with Crippen LogP contribution in [0.2, 0.25) is 0 Å². The van der Waals surface area contributed by atoms with Crippen molar-refractivity contribution in [2.75, 3.05) is 5.32 Å². The van der Waals surface area contributed by atoms with Crippen LogP contribution in [0, 0.1) is 18.6 Å². The summed E-state index contributed by atoms with van der Waals surface area (Å²) >= 11 is 1.13. The molecule has 2 aliphatic rings. The molecule has 6 nitrogen and oxygen atoms in total. The summed E-state index contributed by atoms with van der Waals surface area (Å²) < 4.78 is 27.9. The van der Waals surface area contributed by atoms with Gasteiger partial charge in [-0.05, 0) is 42.3 Å². The van der Waals surface area contributed by atoms with Gasteiger partial charge >= 0.3 is 0 Å². The second kappa shape index (κ2) is 10.0. The lowest BCUT2D eigenvalue weighted by molar-refractivity contribution is -0.121. The van der Waals surface area contributed by atoms with E-state index >= 15 is 0 Å². The summed E-state index contributed by atoms with van der Waals surface area (Å²) in [6.07, 6.45) is 0.330. The second-order valence-corrected chi connectivity index (χ2v) is 9.77. The standard InChI is InChI=1S/C27H22F2N4O2S/c1-16-9-11-17(12-10-16)22-14-23(18-5-4-6-19(28)13-18)33(32-22)27-31-26(35)24(36-27)15-25(34)30-21-8-3-2-7-20(21)29/h2-13,23-24H,14-15H2,1H3,(H,30,34)/t23-,24-/m1/s1. The predicted molar refractivity (Wildman–Crippen MR) is 137 cm³/mol. The van der Waals surface area contributed by atoms with Gasteiger partial charge in [0, 0.05) is 12.8 Å². The zero-order valence-electron chi connectivity index (χ0n) is 19.3. The summed E-state index contributed by atoms with van der Waals surface area (Å²) in [5, 5.41) is 8.48. The molecule has 0 unspecified atom stereocenters. The van der Waals surface area contributed by atoms with E-state index in [-0.39, 0.29) is 24.0 Å². The van der Waals surface area contributed by atoms with Gasteiger partial charge in [0.1, 0.15) is 16.9 Å². The number of nitrogens with one attached hydrogen (secondary N) is 1. The molecule has 2 aliphatic heterocycles. The summed E-state index contributed by atoms with van der Waals surface area (Å²) in [6.45, 7) is 2.00. The number of benzene rings is 3. The third kappa shape index (κ3) is 5.06. The first-order valence-electron chi connectivity index (χ1n) is 11.4. The number of rotatable bonds is 5. The van der Waals surface area contributed by atoms with Gasteiger partial charge in [0.05, 0.1) is 17.4 Å². The molecule has 36 heavy (non-hydrogen) atoms. The number of nitrogens with zero attached hydrogens (tertiary/aromatic N) is 3. The van der Waals surface area contributed by atoms with Crippen molar-refractivity contribution in [1.29, 1.82) is 0 Å². The largest absolute Gasteiger partial charge is 0.324 e. The van der Waals surface area contributed by atoms with Crippen molar-refractivity contribution in [3.63, 3.8) is 0 Å². The van der Waals surface area contributed by atoms with Crippen LogP contribution in [0.4, 0.5) is 14.5 Å². The van der Waals surface area contributed by atoms with Crippen molar-refractivity contribution in [3.8, 4) is 0 Å². The molecule has 0 spiro atoms. The molecule has 9 heteroatoms. The fraction of sp³-hybridized carbons (Fsp3) is 0.185. The van der Waals surface area contributed by atoms with Crippen molar-refractivity contribution >= 4 is 40.1 Å². The minimum absolute atomic E-state index is 0.0529. The lowest BCUT2D eigenvalue weighted by Gasteiger charge is -2.23. The van der Waals surface area contributed by atoms with Crippen LogP contribution >= 0.6 is 11.8 Å². The van der Waals surface area contributed by atoms with E-state index in [1.165, 1.54) is 30.3 Å².